The van der Waals surface area contributed by atoms with Gasteiger partial charge in [0.15, 0.2) is 0 Å². The Balaban J connectivity index is 5.08. The third kappa shape index (κ3) is 3.49. The first-order chi connectivity index (χ1) is 6.08. The molecule has 0 unspecified atom stereocenters. The van der Waals surface area contributed by atoms with E-state index in [1.54, 1.807) is 0 Å². The summed E-state index contributed by atoms with van der Waals surface area (Å²) in [5.74, 6) is 0. The van der Waals surface area contributed by atoms with Gasteiger partial charge in [0.1, 0.15) is 0 Å². The van der Waals surface area contributed by atoms with Crippen molar-refractivity contribution >= 4 is 23.6 Å². The van der Waals surface area contributed by atoms with Crippen LogP contribution in [0.2, 0.25) is 0 Å². The van der Waals surface area contributed by atoms with Gasteiger partial charge in [-0.2, -0.15) is 0 Å². The van der Waals surface area contributed by atoms with Crippen molar-refractivity contribution in [3.8, 4) is 0 Å². The molecular weight excluding hydrogens is 207 g/mol. The minimum atomic E-state index is 0.844. The van der Waals surface area contributed by atoms with Gasteiger partial charge in [-0.15, -0.1) is 0 Å². The van der Waals surface area contributed by atoms with Crippen LogP contribution in [-0.4, -0.2) is 0 Å². The maximum Gasteiger partial charge on any atom is 0.0723 e. The molecule has 2 N–H and O–H groups in total. The highest BCUT2D eigenvalue weighted by molar-refractivity contribution is 6.16. The summed E-state index contributed by atoms with van der Waals surface area (Å²) in [7, 11) is 0. The van der Waals surface area contributed by atoms with E-state index in [1.807, 2.05) is 20.8 Å². The molecule has 0 saturated heterocycles. The van der Waals surface area contributed by atoms with Crippen molar-refractivity contribution in [2.45, 2.75) is 34.1 Å². The summed E-state index contributed by atoms with van der Waals surface area (Å²) in [6, 6.07) is 0. The standard InChI is InChI=1S/C9H16Cl2N2/c1-5-7(4)9(13-11)8(12-10)6(2)3/h12-13H,5H2,1-4H3/b9-7-. The van der Waals surface area contributed by atoms with Gasteiger partial charge in [-0.1, -0.05) is 6.92 Å². The van der Waals surface area contributed by atoms with Crippen LogP contribution < -0.4 is 9.67 Å². The summed E-state index contributed by atoms with van der Waals surface area (Å²) in [6.45, 7) is 8.03. The SMILES string of the molecule is CC/C(C)=C(\NCl)C(NCl)=C(C)C. The summed E-state index contributed by atoms with van der Waals surface area (Å²) >= 11 is 11.2. The third-order valence-electron chi connectivity index (χ3n) is 1.90. The molecule has 13 heavy (non-hydrogen) atoms. The molecule has 0 bridgehead atoms. The molecule has 0 amide bonds. The summed E-state index contributed by atoms with van der Waals surface area (Å²) < 4.78 is 0. The van der Waals surface area contributed by atoms with E-state index < -0.39 is 0 Å². The summed E-state index contributed by atoms with van der Waals surface area (Å²) in [5, 5.41) is 0. The first-order valence-corrected chi connectivity index (χ1v) is 4.94. The van der Waals surface area contributed by atoms with Gasteiger partial charge in [0, 0.05) is 23.6 Å². The molecule has 0 heterocycles. The molecule has 0 rings (SSSR count). The molecule has 0 aromatic carbocycles. The van der Waals surface area contributed by atoms with Gasteiger partial charge in [0.2, 0.25) is 0 Å². The lowest BCUT2D eigenvalue weighted by molar-refractivity contribution is 0.971. The molecular formula is C9H16Cl2N2. The summed E-state index contributed by atoms with van der Waals surface area (Å²) in [4.78, 5) is 5.25. The second kappa shape index (κ2) is 6.17. The van der Waals surface area contributed by atoms with Crippen molar-refractivity contribution < 1.29 is 0 Å². The molecule has 0 aromatic heterocycles. The van der Waals surface area contributed by atoms with E-state index in [9.17, 15) is 0 Å². The van der Waals surface area contributed by atoms with Gasteiger partial charge in [-0.05, 0) is 38.3 Å². The summed E-state index contributed by atoms with van der Waals surface area (Å²) in [6.07, 6.45) is 0.935. The minimum Gasteiger partial charge on any atom is -0.296 e. The Bertz CT molecular complexity index is 228. The fourth-order valence-electron chi connectivity index (χ4n) is 0.910. The zero-order valence-electron chi connectivity index (χ0n) is 8.46. The second-order valence-electron chi connectivity index (χ2n) is 3.07. The van der Waals surface area contributed by atoms with E-state index in [0.29, 0.717) is 0 Å². The van der Waals surface area contributed by atoms with Crippen LogP contribution in [0.5, 0.6) is 0 Å². The minimum absolute atomic E-state index is 0.844. The molecule has 0 aliphatic rings. The molecule has 0 aliphatic heterocycles. The topological polar surface area (TPSA) is 24.1 Å². The maximum atomic E-state index is 5.62. The van der Waals surface area contributed by atoms with Gasteiger partial charge in [-0.25, -0.2) is 0 Å². The van der Waals surface area contributed by atoms with E-state index in [2.05, 4.69) is 16.6 Å². The Hall–Kier alpha value is -0.340. The van der Waals surface area contributed by atoms with Crippen LogP contribution in [0.3, 0.4) is 0 Å². The van der Waals surface area contributed by atoms with Crippen LogP contribution in [0, 0.1) is 0 Å². The first-order valence-electron chi connectivity index (χ1n) is 4.19. The number of hydrogen-bond acceptors (Lipinski definition) is 2. The Labute approximate surface area is 90.2 Å². The largest absolute Gasteiger partial charge is 0.296 e. The quantitative estimate of drug-likeness (QED) is 0.563. The smallest absolute Gasteiger partial charge is 0.0723 e. The molecule has 0 radical (unpaired) electrons. The van der Waals surface area contributed by atoms with Crippen LogP contribution in [0.25, 0.3) is 0 Å². The van der Waals surface area contributed by atoms with Crippen molar-refractivity contribution in [3.05, 3.63) is 22.5 Å². The highest BCUT2D eigenvalue weighted by Gasteiger charge is 2.07. The zero-order chi connectivity index (χ0) is 10.4. The normalized spacial score (nSPS) is 11.8. The van der Waals surface area contributed by atoms with Gasteiger partial charge < -0.3 is 0 Å². The van der Waals surface area contributed by atoms with E-state index in [1.165, 1.54) is 5.57 Å². The molecule has 0 aliphatic carbocycles. The van der Waals surface area contributed by atoms with Crippen molar-refractivity contribution in [1.29, 1.82) is 0 Å². The monoisotopic (exact) mass is 222 g/mol. The predicted molar refractivity (Wildman–Crippen MR) is 59.3 cm³/mol. The van der Waals surface area contributed by atoms with E-state index in [0.717, 1.165) is 23.4 Å². The highest BCUT2D eigenvalue weighted by atomic mass is 35.5. The Morgan fingerprint density at radius 3 is 1.69 bits per heavy atom. The number of halogens is 2. The van der Waals surface area contributed by atoms with E-state index in [4.69, 9.17) is 23.6 Å². The zero-order valence-corrected chi connectivity index (χ0v) is 9.97. The molecule has 0 fully saturated rings. The van der Waals surface area contributed by atoms with Crippen molar-refractivity contribution in [2.24, 2.45) is 0 Å². The first kappa shape index (κ1) is 12.7. The number of nitrogens with one attached hydrogen (secondary N) is 2. The molecule has 0 aromatic rings. The van der Waals surface area contributed by atoms with Gasteiger partial charge in [-0.3, -0.25) is 9.67 Å². The van der Waals surface area contributed by atoms with Crippen molar-refractivity contribution in [1.82, 2.24) is 9.67 Å². The molecule has 0 spiro atoms. The van der Waals surface area contributed by atoms with E-state index >= 15 is 0 Å². The molecule has 0 atom stereocenters. The van der Waals surface area contributed by atoms with Gasteiger partial charge in [0.05, 0.1) is 11.4 Å². The van der Waals surface area contributed by atoms with Gasteiger partial charge >= 0.3 is 0 Å². The van der Waals surface area contributed by atoms with Gasteiger partial charge in [0.25, 0.3) is 0 Å². The average molecular weight is 223 g/mol. The lowest BCUT2D eigenvalue weighted by Gasteiger charge is -2.13. The number of allylic oxidation sites excluding steroid dienone is 2. The molecule has 4 heteroatoms. The van der Waals surface area contributed by atoms with Crippen LogP contribution in [0.4, 0.5) is 0 Å². The Kier molecular flexibility index (Phi) is 6.00. The van der Waals surface area contributed by atoms with Crippen LogP contribution >= 0.6 is 23.6 Å². The fraction of sp³-hybridized carbons (Fsp3) is 0.556. The molecule has 2 nitrogen and oxygen atoms in total. The van der Waals surface area contributed by atoms with Crippen LogP contribution in [0.15, 0.2) is 22.5 Å². The molecule has 0 saturated carbocycles. The number of rotatable bonds is 4. The maximum absolute atomic E-state index is 5.62. The van der Waals surface area contributed by atoms with Crippen molar-refractivity contribution in [3.63, 3.8) is 0 Å². The molecule has 76 valence electrons. The highest BCUT2D eigenvalue weighted by Crippen LogP contribution is 2.16. The lowest BCUT2D eigenvalue weighted by atomic mass is 10.1. The third-order valence-corrected chi connectivity index (χ3v) is 2.27. The second-order valence-corrected chi connectivity index (χ2v) is 3.45. The predicted octanol–water partition coefficient (Wildman–Crippen LogP) is 3.45. The van der Waals surface area contributed by atoms with Crippen LogP contribution in [0.1, 0.15) is 34.1 Å². The summed E-state index contributed by atoms with van der Waals surface area (Å²) in [5.41, 5.74) is 3.96. The van der Waals surface area contributed by atoms with Crippen LogP contribution in [-0.2, 0) is 0 Å². The average Bonchev–Trinajstić information content (AvgIpc) is 2.12. The van der Waals surface area contributed by atoms with E-state index in [-0.39, 0.29) is 0 Å². The fourth-order valence-corrected chi connectivity index (χ4v) is 1.45. The van der Waals surface area contributed by atoms with Crippen molar-refractivity contribution in [2.75, 3.05) is 0 Å². The Morgan fingerprint density at radius 2 is 1.46 bits per heavy atom. The Morgan fingerprint density at radius 1 is 1.00 bits per heavy atom. The lowest BCUT2D eigenvalue weighted by Crippen LogP contribution is -2.14. The number of hydrogen-bond donors (Lipinski definition) is 2.